The van der Waals surface area contributed by atoms with E-state index in [0.717, 1.165) is 16.5 Å². The van der Waals surface area contributed by atoms with E-state index < -0.39 is 138 Å². The molecule has 10 atom stereocenters. The molecule has 0 saturated carbocycles. The van der Waals surface area contributed by atoms with Crippen molar-refractivity contribution in [3.05, 3.63) is 108 Å². The average Bonchev–Trinajstić information content (AvgIpc) is 3.88. The van der Waals surface area contributed by atoms with Gasteiger partial charge in [0, 0.05) is 36.4 Å². The van der Waals surface area contributed by atoms with Crippen molar-refractivity contribution in [1.29, 1.82) is 0 Å². The Morgan fingerprint density at radius 2 is 0.926 bits per heavy atom. The number of nitrogens with two attached hydrogens (primary N) is 1. The number of aliphatic carboxylic acids is 2. The molecule has 8 amide bonds. The van der Waals surface area contributed by atoms with Gasteiger partial charge in [0.1, 0.15) is 48.3 Å². The van der Waals surface area contributed by atoms with Crippen molar-refractivity contribution in [2.75, 3.05) is 0 Å². The Labute approximate surface area is 471 Å². The molecule has 81 heavy (non-hydrogen) atoms. The lowest BCUT2D eigenvalue weighted by Gasteiger charge is -2.28. The van der Waals surface area contributed by atoms with Crippen LogP contribution in [0.3, 0.4) is 0 Å². The van der Waals surface area contributed by atoms with Crippen LogP contribution in [-0.4, -0.2) is 140 Å². The number of para-hydroxylation sites is 1. The van der Waals surface area contributed by atoms with Gasteiger partial charge in [-0.2, -0.15) is 0 Å². The van der Waals surface area contributed by atoms with Crippen LogP contribution in [0, 0.1) is 17.8 Å². The summed E-state index contributed by atoms with van der Waals surface area (Å²) in [6, 6.07) is 12.4. The molecule has 0 unspecified atom stereocenters. The molecule has 23 heteroatoms. The number of hydrogen-bond donors (Lipinski definition) is 13. The van der Waals surface area contributed by atoms with Gasteiger partial charge in [-0.3, -0.25) is 43.2 Å². The van der Waals surface area contributed by atoms with Gasteiger partial charge in [-0.25, -0.2) is 4.79 Å². The number of aromatic amines is 1. The number of rotatable bonds is 32. The van der Waals surface area contributed by atoms with Gasteiger partial charge in [-0.1, -0.05) is 120 Å². The molecule has 0 bridgehead atoms. The average molecular weight is 1130 g/mol. The van der Waals surface area contributed by atoms with Crippen molar-refractivity contribution in [2.24, 2.45) is 23.5 Å². The summed E-state index contributed by atoms with van der Waals surface area (Å²) in [6.45, 7) is 13.0. The largest absolute Gasteiger partial charge is 0.481 e. The Morgan fingerprint density at radius 1 is 0.481 bits per heavy atom. The first-order valence-corrected chi connectivity index (χ1v) is 27.2. The second-order valence-corrected chi connectivity index (χ2v) is 21.6. The molecule has 0 spiro atoms. The molecule has 14 N–H and O–H groups in total. The Kier molecular flexibility index (Phi) is 25.5. The number of aliphatic hydroxyl groups excluding tert-OH is 1. The Morgan fingerprint density at radius 3 is 1.44 bits per heavy atom. The highest BCUT2D eigenvalue weighted by Crippen LogP contribution is 2.20. The second kappa shape index (κ2) is 31.6. The predicted octanol–water partition coefficient (Wildman–Crippen LogP) is 1.50. The number of hydrogen-bond acceptors (Lipinski definition) is 12. The molecule has 0 aliphatic rings. The van der Waals surface area contributed by atoms with E-state index in [-0.39, 0.29) is 43.9 Å². The first-order chi connectivity index (χ1) is 38.2. The molecule has 0 radical (unpaired) electrons. The van der Waals surface area contributed by atoms with Gasteiger partial charge in [0.05, 0.1) is 12.1 Å². The molecule has 1 aromatic heterocycles. The highest BCUT2D eigenvalue weighted by Gasteiger charge is 2.36. The van der Waals surface area contributed by atoms with Gasteiger partial charge in [-0.05, 0) is 80.0 Å². The maximum atomic E-state index is 14.5. The standard InChI is InChI=1S/C58H80N10O13/c1-31(2)25-43(63-51(73)40(59)27-36-17-11-9-12-18-36)54(76)64-44(26-32(3)4)55(77)66-46(29-38-30-60-41-22-16-15-21-39(38)41)53(75)61-34(7)50(72)62-42(23-24-47(70)71)52(74)65-45(28-37-19-13-10-14-20-37)56(78)68-49(35(8)69)57(79)67-48(33(5)6)58(80)81/h9-22,30-35,40,42-46,48-49,60,69H,23-29,59H2,1-8H3,(H,61,75)(H,62,72)(H,63,73)(H,64,76)(H,65,74)(H,66,77)(H,67,79)(H,68,78)(H,70,71)(H,80,81)/t34-,35+,40-,42-,43-,44-,45-,46-,48-,49-/m0/s1. The molecule has 4 rings (SSSR count). The molecular formula is C58H80N10O13. The Bertz CT molecular complexity index is 2790. The molecule has 440 valence electrons. The minimum atomic E-state index is -1.69. The lowest BCUT2D eigenvalue weighted by atomic mass is 9.98. The third-order valence-electron chi connectivity index (χ3n) is 13.3. The maximum Gasteiger partial charge on any atom is 0.326 e. The fourth-order valence-corrected chi connectivity index (χ4v) is 8.88. The van der Waals surface area contributed by atoms with Crippen LogP contribution in [-0.2, 0) is 67.2 Å². The molecule has 4 aromatic rings. The highest BCUT2D eigenvalue weighted by atomic mass is 16.4. The summed E-state index contributed by atoms with van der Waals surface area (Å²) in [6.07, 6.45) is -0.803. The minimum Gasteiger partial charge on any atom is -0.481 e. The highest BCUT2D eigenvalue weighted by molar-refractivity contribution is 5.98. The third-order valence-corrected chi connectivity index (χ3v) is 13.3. The van der Waals surface area contributed by atoms with E-state index in [1.807, 2.05) is 76.2 Å². The third kappa shape index (κ3) is 21.1. The second-order valence-electron chi connectivity index (χ2n) is 21.6. The normalized spacial score (nSPS) is 15.1. The van der Waals surface area contributed by atoms with Crippen molar-refractivity contribution < 1.29 is 63.3 Å². The van der Waals surface area contributed by atoms with Crippen LogP contribution >= 0.6 is 0 Å². The van der Waals surface area contributed by atoms with Crippen molar-refractivity contribution in [1.82, 2.24) is 47.5 Å². The number of aliphatic hydroxyl groups is 1. The zero-order valence-corrected chi connectivity index (χ0v) is 47.1. The van der Waals surface area contributed by atoms with Crippen molar-refractivity contribution in [3.63, 3.8) is 0 Å². The summed E-state index contributed by atoms with van der Waals surface area (Å²) in [7, 11) is 0. The summed E-state index contributed by atoms with van der Waals surface area (Å²) >= 11 is 0. The quantitative estimate of drug-likeness (QED) is 0.0330. The van der Waals surface area contributed by atoms with Crippen LogP contribution in [0.1, 0.15) is 97.8 Å². The lowest BCUT2D eigenvalue weighted by Crippen LogP contribution is -2.61. The molecule has 3 aromatic carbocycles. The number of nitrogens with one attached hydrogen (secondary N) is 9. The van der Waals surface area contributed by atoms with Crippen molar-refractivity contribution in [2.45, 2.75) is 161 Å². The zero-order valence-electron chi connectivity index (χ0n) is 47.1. The molecule has 23 nitrogen and oxygen atoms in total. The molecule has 0 fully saturated rings. The topological polar surface area (TPSA) is 369 Å². The van der Waals surface area contributed by atoms with Gasteiger partial charge in [0.25, 0.3) is 0 Å². The van der Waals surface area contributed by atoms with Gasteiger partial charge in [0.15, 0.2) is 0 Å². The van der Waals surface area contributed by atoms with E-state index in [2.05, 4.69) is 47.5 Å². The number of benzene rings is 3. The SMILES string of the molecule is CC(C)C[C@H](NC(=O)[C@H](CC(C)C)NC(=O)[C@@H](N)Cc1ccccc1)C(=O)N[C@@H](Cc1c[nH]c2ccccc12)C(=O)N[C@@H](C)C(=O)N[C@@H](CCC(=O)O)C(=O)N[C@@H](Cc1ccccc1)C(=O)N[C@H](C(=O)N[C@H](C(=O)O)C(C)C)[C@@H](C)O. The summed E-state index contributed by atoms with van der Waals surface area (Å²) in [4.78, 5) is 139. The number of H-pyrrole nitrogens is 1. The zero-order chi connectivity index (χ0) is 60.1. The summed E-state index contributed by atoms with van der Waals surface area (Å²) < 4.78 is 0. The Balaban J connectivity index is 1.58. The predicted molar refractivity (Wildman–Crippen MR) is 301 cm³/mol. The molecule has 0 saturated heterocycles. The van der Waals surface area contributed by atoms with Crippen LogP contribution < -0.4 is 48.3 Å². The van der Waals surface area contributed by atoms with Crippen molar-refractivity contribution in [3.8, 4) is 0 Å². The molecule has 0 aliphatic carbocycles. The Hall–Kier alpha value is -8.18. The number of aromatic nitrogens is 1. The van der Waals surface area contributed by atoms with Crippen LogP contribution in [0.5, 0.6) is 0 Å². The van der Waals surface area contributed by atoms with E-state index in [9.17, 15) is 63.3 Å². The van der Waals surface area contributed by atoms with Crippen LogP contribution in [0.25, 0.3) is 10.9 Å². The van der Waals surface area contributed by atoms with Crippen LogP contribution in [0.15, 0.2) is 91.1 Å². The van der Waals surface area contributed by atoms with Crippen LogP contribution in [0.2, 0.25) is 0 Å². The van der Waals surface area contributed by atoms with Gasteiger partial charge in [0.2, 0.25) is 47.3 Å². The van der Waals surface area contributed by atoms with E-state index in [0.29, 0.717) is 11.1 Å². The molecular weight excluding hydrogens is 1040 g/mol. The summed E-state index contributed by atoms with van der Waals surface area (Å²) in [5.41, 5.74) is 8.97. The number of carboxylic acid groups (broad SMARTS) is 2. The smallest absolute Gasteiger partial charge is 0.326 e. The van der Waals surface area contributed by atoms with E-state index >= 15 is 0 Å². The van der Waals surface area contributed by atoms with E-state index in [4.69, 9.17) is 5.73 Å². The van der Waals surface area contributed by atoms with Gasteiger partial charge in [-0.15, -0.1) is 0 Å². The number of carbonyl (C=O) groups is 10. The number of carboxylic acids is 2. The van der Waals surface area contributed by atoms with Crippen LogP contribution in [0.4, 0.5) is 0 Å². The first-order valence-electron chi connectivity index (χ1n) is 27.2. The van der Waals surface area contributed by atoms with E-state index in [1.165, 1.54) is 13.8 Å². The summed E-state index contributed by atoms with van der Waals surface area (Å²) in [5, 5.41) is 51.3. The number of amides is 8. The lowest BCUT2D eigenvalue weighted by molar-refractivity contribution is -0.144. The van der Waals surface area contributed by atoms with Gasteiger partial charge < -0.3 is 68.6 Å². The maximum absolute atomic E-state index is 14.5. The van der Waals surface area contributed by atoms with Gasteiger partial charge >= 0.3 is 11.9 Å². The molecule has 1 heterocycles. The number of carbonyl (C=O) groups excluding carboxylic acids is 8. The fraction of sp³-hybridized carbons (Fsp3) is 0.483. The first kappa shape index (κ1) is 65.3. The fourth-order valence-electron chi connectivity index (χ4n) is 8.88. The molecule has 0 aliphatic heterocycles. The summed E-state index contributed by atoms with van der Waals surface area (Å²) in [5.74, 6) is -10.3. The minimum absolute atomic E-state index is 0.0694. The monoisotopic (exact) mass is 1120 g/mol. The number of fused-ring (bicyclic) bond motifs is 1. The van der Waals surface area contributed by atoms with Crippen molar-refractivity contribution >= 4 is 70.1 Å². The van der Waals surface area contributed by atoms with E-state index in [1.54, 1.807) is 56.4 Å².